The summed E-state index contributed by atoms with van der Waals surface area (Å²) in [5, 5.41) is 3.72. The largest absolute Gasteiger partial charge is 0.363 e. The lowest BCUT2D eigenvalue weighted by Crippen LogP contribution is -2.40. The molecule has 1 saturated carbocycles. The first-order valence-corrected chi connectivity index (χ1v) is 11.5. The van der Waals surface area contributed by atoms with Crippen molar-refractivity contribution in [2.75, 3.05) is 4.72 Å². The molecule has 1 aromatic heterocycles. The number of benzene rings is 2. The van der Waals surface area contributed by atoms with Crippen LogP contribution < -0.4 is 4.72 Å². The maximum atomic E-state index is 13.1. The number of aromatic nitrogens is 1. The predicted octanol–water partition coefficient (Wildman–Crippen LogP) is 3.38. The first kappa shape index (κ1) is 19.4. The Morgan fingerprint density at radius 1 is 1.10 bits per heavy atom. The van der Waals surface area contributed by atoms with Crippen LogP contribution in [0.3, 0.4) is 0 Å². The highest BCUT2D eigenvalue weighted by Crippen LogP contribution is 2.36. The topological polar surface area (TPSA) is 92.5 Å². The van der Waals surface area contributed by atoms with Gasteiger partial charge in [0.15, 0.2) is 5.69 Å². The van der Waals surface area contributed by atoms with Gasteiger partial charge in [-0.3, -0.25) is 9.52 Å². The van der Waals surface area contributed by atoms with Crippen LogP contribution in [-0.2, 0) is 16.6 Å². The van der Waals surface area contributed by atoms with Crippen molar-refractivity contribution in [2.45, 2.75) is 36.7 Å². The molecule has 3 aromatic rings. The van der Waals surface area contributed by atoms with E-state index in [0.717, 1.165) is 24.8 Å². The number of sulfonamides is 1. The molecule has 7 nitrogen and oxygen atoms in total. The molecule has 5 rings (SSSR count). The van der Waals surface area contributed by atoms with Gasteiger partial charge in [-0.2, -0.15) is 0 Å². The van der Waals surface area contributed by atoms with Crippen LogP contribution in [0.4, 0.5) is 5.69 Å². The predicted molar refractivity (Wildman–Crippen MR) is 114 cm³/mol. The van der Waals surface area contributed by atoms with Gasteiger partial charge >= 0.3 is 0 Å². The molecule has 1 N–H and O–H groups in total. The lowest BCUT2D eigenvalue weighted by Gasteiger charge is -2.34. The lowest BCUT2D eigenvalue weighted by molar-refractivity contribution is 0.0606. The van der Waals surface area contributed by atoms with E-state index in [1.165, 1.54) is 18.4 Å². The molecular weight excluding hydrogens is 414 g/mol. The average Bonchev–Trinajstić information content (AvgIpc) is 3.35. The van der Waals surface area contributed by atoms with E-state index < -0.39 is 10.0 Å². The van der Waals surface area contributed by atoms with Crippen LogP contribution in [0, 0.1) is 11.8 Å². The third kappa shape index (κ3) is 3.68. The highest BCUT2D eigenvalue weighted by atomic mass is 32.2. The van der Waals surface area contributed by atoms with E-state index in [2.05, 4.69) is 21.7 Å². The molecule has 2 aliphatic rings. The van der Waals surface area contributed by atoms with Gasteiger partial charge in [-0.05, 0) is 55.5 Å². The van der Waals surface area contributed by atoms with Gasteiger partial charge in [-0.15, -0.1) is 0 Å². The molecule has 2 aromatic carbocycles. The number of rotatable bonds is 4. The molecule has 0 atom stereocenters. The van der Waals surface area contributed by atoms with Gasteiger partial charge in [-0.1, -0.05) is 23.2 Å². The summed E-state index contributed by atoms with van der Waals surface area (Å²) in [6.45, 7) is 0.431. The SMILES string of the molecule is O=C1c2cccc(NS(=O)(=O)c3cccc(C#Cc4ccon4)c3)c2CN1C1CCC1. The highest BCUT2D eigenvalue weighted by molar-refractivity contribution is 7.92. The van der Waals surface area contributed by atoms with Crippen molar-refractivity contribution in [3.05, 3.63) is 77.2 Å². The Morgan fingerprint density at radius 3 is 2.68 bits per heavy atom. The van der Waals surface area contributed by atoms with Gasteiger partial charge in [0.2, 0.25) is 0 Å². The van der Waals surface area contributed by atoms with Crippen molar-refractivity contribution in [1.29, 1.82) is 0 Å². The van der Waals surface area contributed by atoms with Crippen LogP contribution in [0.2, 0.25) is 0 Å². The molecule has 31 heavy (non-hydrogen) atoms. The second-order valence-electron chi connectivity index (χ2n) is 7.62. The van der Waals surface area contributed by atoms with Crippen molar-refractivity contribution >= 4 is 21.6 Å². The second-order valence-corrected chi connectivity index (χ2v) is 9.30. The molecule has 1 amide bonds. The molecule has 0 radical (unpaired) electrons. The Balaban J connectivity index is 1.41. The molecule has 0 saturated heterocycles. The van der Waals surface area contributed by atoms with Gasteiger partial charge < -0.3 is 9.42 Å². The fourth-order valence-electron chi connectivity index (χ4n) is 3.80. The minimum absolute atomic E-state index is 0.0223. The monoisotopic (exact) mass is 433 g/mol. The van der Waals surface area contributed by atoms with E-state index >= 15 is 0 Å². The van der Waals surface area contributed by atoms with E-state index in [1.807, 2.05) is 4.90 Å². The molecule has 8 heteroatoms. The third-order valence-corrected chi connectivity index (χ3v) is 7.04. The van der Waals surface area contributed by atoms with E-state index in [1.54, 1.807) is 36.4 Å². The number of fused-ring (bicyclic) bond motifs is 1. The van der Waals surface area contributed by atoms with Gasteiger partial charge in [0.25, 0.3) is 15.9 Å². The normalized spacial score (nSPS) is 15.7. The lowest BCUT2D eigenvalue weighted by atomic mass is 9.92. The summed E-state index contributed by atoms with van der Waals surface area (Å²) < 4.78 is 33.5. The minimum Gasteiger partial charge on any atom is -0.363 e. The van der Waals surface area contributed by atoms with Crippen LogP contribution >= 0.6 is 0 Å². The molecule has 0 unspecified atom stereocenters. The summed E-state index contributed by atoms with van der Waals surface area (Å²) in [7, 11) is -3.86. The van der Waals surface area contributed by atoms with Crippen molar-refractivity contribution in [3.8, 4) is 11.8 Å². The molecular formula is C23H19N3O4S. The number of nitrogens with zero attached hydrogens (tertiary/aromatic N) is 2. The van der Waals surface area contributed by atoms with Gasteiger partial charge in [0.05, 0.1) is 10.6 Å². The van der Waals surface area contributed by atoms with Crippen molar-refractivity contribution in [2.24, 2.45) is 0 Å². The molecule has 1 aliphatic carbocycles. The van der Waals surface area contributed by atoms with Crippen LogP contribution in [0.25, 0.3) is 0 Å². The number of nitrogens with one attached hydrogen (secondary N) is 1. The zero-order valence-electron chi connectivity index (χ0n) is 16.5. The first-order valence-electron chi connectivity index (χ1n) is 9.99. The number of carbonyl (C=O) groups excluding carboxylic acids is 1. The number of hydrogen-bond donors (Lipinski definition) is 1. The third-order valence-electron chi connectivity index (χ3n) is 5.67. The molecule has 1 fully saturated rings. The summed E-state index contributed by atoms with van der Waals surface area (Å²) in [5.74, 6) is 5.69. The Hall–Kier alpha value is -3.57. The minimum atomic E-state index is -3.86. The molecule has 0 bridgehead atoms. The molecule has 2 heterocycles. The van der Waals surface area contributed by atoms with Crippen LogP contribution in [0.5, 0.6) is 0 Å². The summed E-state index contributed by atoms with van der Waals surface area (Å²) >= 11 is 0. The van der Waals surface area contributed by atoms with Gasteiger partial charge in [-0.25, -0.2) is 8.42 Å². The quantitative estimate of drug-likeness (QED) is 0.637. The number of amides is 1. The van der Waals surface area contributed by atoms with Gasteiger partial charge in [0, 0.05) is 35.3 Å². The van der Waals surface area contributed by atoms with E-state index in [-0.39, 0.29) is 16.8 Å². The van der Waals surface area contributed by atoms with Gasteiger partial charge in [0.1, 0.15) is 6.26 Å². The number of hydrogen-bond acceptors (Lipinski definition) is 5. The maximum Gasteiger partial charge on any atom is 0.261 e. The Labute approximate surface area is 180 Å². The summed E-state index contributed by atoms with van der Waals surface area (Å²) in [4.78, 5) is 14.7. The highest BCUT2D eigenvalue weighted by Gasteiger charge is 2.36. The molecule has 0 spiro atoms. The van der Waals surface area contributed by atoms with E-state index in [9.17, 15) is 13.2 Å². The Morgan fingerprint density at radius 2 is 1.94 bits per heavy atom. The van der Waals surface area contributed by atoms with Crippen LogP contribution in [-0.4, -0.2) is 30.4 Å². The summed E-state index contributed by atoms with van der Waals surface area (Å²) in [6, 6.07) is 13.4. The van der Waals surface area contributed by atoms with Crippen molar-refractivity contribution in [1.82, 2.24) is 10.1 Å². The van der Waals surface area contributed by atoms with Crippen LogP contribution in [0.1, 0.15) is 46.4 Å². The van der Waals surface area contributed by atoms with Crippen molar-refractivity contribution in [3.63, 3.8) is 0 Å². The summed E-state index contributed by atoms with van der Waals surface area (Å²) in [5.41, 5.74) is 2.73. The Kier molecular flexibility index (Phi) is 4.75. The molecule has 1 aliphatic heterocycles. The molecule has 156 valence electrons. The fourth-order valence-corrected chi connectivity index (χ4v) is 4.94. The first-order chi connectivity index (χ1) is 15.0. The fraction of sp³-hybridized carbons (Fsp3) is 0.217. The smallest absolute Gasteiger partial charge is 0.261 e. The number of anilines is 1. The number of carbonyl (C=O) groups is 1. The second kappa shape index (κ2) is 7.60. The summed E-state index contributed by atoms with van der Waals surface area (Å²) in [6.07, 6.45) is 4.55. The van der Waals surface area contributed by atoms with E-state index in [4.69, 9.17) is 4.52 Å². The Bertz CT molecular complexity index is 1320. The maximum absolute atomic E-state index is 13.1. The zero-order chi connectivity index (χ0) is 21.4. The van der Waals surface area contributed by atoms with E-state index in [0.29, 0.717) is 29.1 Å². The van der Waals surface area contributed by atoms with Crippen LogP contribution in [0.15, 0.2) is 64.2 Å². The standard InChI is InChI=1S/C23H19N3O4S/c27-23-20-8-3-9-22(21(20)15-26(23)18-5-2-6-18)25-31(28,29)19-7-1-4-16(14-19)10-11-17-12-13-30-24-17/h1,3-4,7-9,12-14,18,25H,2,5-6,15H2. The average molecular weight is 433 g/mol. The zero-order valence-corrected chi connectivity index (χ0v) is 17.4. The van der Waals surface area contributed by atoms with Crippen molar-refractivity contribution < 1.29 is 17.7 Å².